The number of aliphatic carboxylic acids is 1. The minimum atomic E-state index is -2.96. The molecule has 1 rings (SSSR count). The van der Waals surface area contributed by atoms with Crippen molar-refractivity contribution in [3.8, 4) is 0 Å². The van der Waals surface area contributed by atoms with Crippen LogP contribution in [0, 0.1) is 4.77 Å². The van der Waals surface area contributed by atoms with E-state index in [1.807, 2.05) is 0 Å². The third-order valence-electron chi connectivity index (χ3n) is 1.33. The minimum absolute atomic E-state index is 0.113. The molecule has 10 heteroatoms. The molecule has 1 aromatic rings. The zero-order valence-corrected chi connectivity index (χ0v) is 8.33. The molecule has 0 aliphatic rings. The number of nitrogens with one attached hydrogen (secondary N) is 1. The predicted molar refractivity (Wildman–Crippen MR) is 48.3 cm³/mol. The number of carbonyl (C=O) groups is 1. The summed E-state index contributed by atoms with van der Waals surface area (Å²) in [6.07, 6.45) is 0. The van der Waals surface area contributed by atoms with Gasteiger partial charge in [-0.3, -0.25) is 5.10 Å². The van der Waals surface area contributed by atoms with Gasteiger partial charge in [0, 0.05) is 0 Å². The molecular weight excluding hydrogens is 231 g/mol. The molecule has 5 N–H and O–H groups in total. The van der Waals surface area contributed by atoms with Crippen molar-refractivity contribution >= 4 is 32.2 Å². The van der Waals surface area contributed by atoms with Gasteiger partial charge in [0.05, 0.1) is 0 Å². The van der Waals surface area contributed by atoms with Crippen molar-refractivity contribution in [2.45, 2.75) is 5.78 Å². The van der Waals surface area contributed by atoms with Gasteiger partial charge in [-0.2, -0.15) is 14.6 Å². The summed E-state index contributed by atoms with van der Waals surface area (Å²) in [4.78, 5) is 22.8. The SMILES string of the molecule is Nc1nc(=S)n(C(C(=O)O)[P+](=O)O)[nH]1. The van der Waals surface area contributed by atoms with E-state index in [9.17, 15) is 9.36 Å². The van der Waals surface area contributed by atoms with E-state index < -0.39 is 19.8 Å². The van der Waals surface area contributed by atoms with Crippen molar-refractivity contribution in [3.63, 3.8) is 0 Å². The summed E-state index contributed by atoms with van der Waals surface area (Å²) in [5.74, 6) is -3.30. The normalized spacial score (nSPS) is 13.6. The first kappa shape index (κ1) is 10.8. The molecule has 1 aromatic heterocycles. The fourth-order valence-electron chi connectivity index (χ4n) is 0.823. The van der Waals surface area contributed by atoms with Crippen LogP contribution in [0.1, 0.15) is 5.78 Å². The molecule has 0 aliphatic heterocycles. The van der Waals surface area contributed by atoms with E-state index in [0.29, 0.717) is 0 Å². The van der Waals surface area contributed by atoms with Crippen LogP contribution < -0.4 is 5.73 Å². The highest BCUT2D eigenvalue weighted by molar-refractivity contribution is 7.71. The Morgan fingerprint density at radius 3 is 2.64 bits per heavy atom. The number of carboxylic acid groups (broad SMARTS) is 1. The number of H-pyrrole nitrogens is 1. The smallest absolute Gasteiger partial charge is 0.476 e. The van der Waals surface area contributed by atoms with E-state index in [1.165, 1.54) is 0 Å². The molecule has 0 fully saturated rings. The fourth-order valence-corrected chi connectivity index (χ4v) is 1.70. The largest absolute Gasteiger partial charge is 0.545 e. The standard InChI is InChI=1S/C4H5N4O4PS/c5-3-6-4(14)8(7-3)1(2(9)10)13(11)12/h1H,(H4-,5,6,7,9,10,11,12,14)/p+1. The number of nitrogens with two attached hydrogens (primary N) is 1. The highest BCUT2D eigenvalue weighted by atomic mass is 32.1. The molecule has 0 saturated heterocycles. The maximum absolute atomic E-state index is 10.7. The van der Waals surface area contributed by atoms with Crippen molar-refractivity contribution < 1.29 is 19.4 Å². The number of hydrogen-bond donors (Lipinski definition) is 4. The fraction of sp³-hybridized carbons (Fsp3) is 0.250. The topological polar surface area (TPSA) is 134 Å². The zero-order chi connectivity index (χ0) is 10.9. The van der Waals surface area contributed by atoms with Crippen LogP contribution in [-0.2, 0) is 9.36 Å². The molecule has 0 aliphatic carbocycles. The Labute approximate surface area is 83.2 Å². The van der Waals surface area contributed by atoms with Crippen molar-refractivity contribution in [1.82, 2.24) is 14.8 Å². The second-order valence-corrected chi connectivity index (χ2v) is 3.74. The van der Waals surface area contributed by atoms with Crippen LogP contribution >= 0.6 is 20.2 Å². The molecule has 76 valence electrons. The van der Waals surface area contributed by atoms with E-state index in [4.69, 9.17) is 15.7 Å². The molecule has 0 spiro atoms. The van der Waals surface area contributed by atoms with Gasteiger partial charge >= 0.3 is 19.8 Å². The zero-order valence-electron chi connectivity index (χ0n) is 6.62. The second-order valence-electron chi connectivity index (χ2n) is 2.28. The van der Waals surface area contributed by atoms with E-state index in [2.05, 4.69) is 22.3 Å². The third-order valence-corrected chi connectivity index (χ3v) is 2.49. The average molecular weight is 237 g/mol. The van der Waals surface area contributed by atoms with Gasteiger partial charge in [0.25, 0.3) is 0 Å². The molecule has 0 amide bonds. The van der Waals surface area contributed by atoms with Crippen LogP contribution in [0.4, 0.5) is 5.95 Å². The first-order valence-corrected chi connectivity index (χ1v) is 4.94. The molecule has 0 aromatic carbocycles. The number of anilines is 1. The van der Waals surface area contributed by atoms with Crippen LogP contribution in [0.2, 0.25) is 0 Å². The lowest BCUT2D eigenvalue weighted by Gasteiger charge is -1.98. The monoisotopic (exact) mass is 237 g/mol. The molecule has 14 heavy (non-hydrogen) atoms. The number of nitrogen functional groups attached to an aromatic ring is 1. The summed E-state index contributed by atoms with van der Waals surface area (Å²) >= 11 is 4.63. The summed E-state index contributed by atoms with van der Waals surface area (Å²) in [5.41, 5.74) is 5.19. The Kier molecular flexibility index (Phi) is 2.94. The molecule has 2 unspecified atom stereocenters. The number of nitrogens with zero attached hydrogens (tertiary/aromatic N) is 2. The van der Waals surface area contributed by atoms with Gasteiger partial charge in [-0.25, -0.2) is 4.79 Å². The van der Waals surface area contributed by atoms with Gasteiger partial charge in [-0.05, 0) is 16.8 Å². The van der Waals surface area contributed by atoms with Gasteiger partial charge in [0.1, 0.15) is 0 Å². The summed E-state index contributed by atoms with van der Waals surface area (Å²) in [7, 11) is -2.96. The molecular formula is C4H6N4O4PS+. The second kappa shape index (κ2) is 3.82. The molecule has 1 heterocycles. The molecule has 0 saturated carbocycles. The van der Waals surface area contributed by atoms with Crippen LogP contribution in [-0.4, -0.2) is 30.7 Å². The maximum Gasteiger partial charge on any atom is 0.545 e. The molecule has 0 radical (unpaired) electrons. The van der Waals surface area contributed by atoms with Crippen LogP contribution in [0.3, 0.4) is 0 Å². The van der Waals surface area contributed by atoms with Crippen molar-refractivity contribution in [2.75, 3.05) is 5.73 Å². The average Bonchev–Trinajstić information content (AvgIpc) is 2.29. The van der Waals surface area contributed by atoms with Crippen molar-refractivity contribution in [3.05, 3.63) is 4.77 Å². The highest BCUT2D eigenvalue weighted by Gasteiger charge is 2.40. The summed E-state index contributed by atoms with van der Waals surface area (Å²) in [6, 6.07) is 0. The number of rotatable bonds is 3. The summed E-state index contributed by atoms with van der Waals surface area (Å²) in [6.45, 7) is 0. The lowest BCUT2D eigenvalue weighted by molar-refractivity contribution is -0.138. The Bertz CT molecular complexity index is 425. The van der Waals surface area contributed by atoms with Gasteiger partial charge in [-0.15, -0.1) is 0 Å². The van der Waals surface area contributed by atoms with Crippen LogP contribution in [0.25, 0.3) is 0 Å². The quantitative estimate of drug-likeness (QED) is 0.423. The molecule has 2 atom stereocenters. The highest BCUT2D eigenvalue weighted by Crippen LogP contribution is 2.32. The van der Waals surface area contributed by atoms with E-state index >= 15 is 0 Å². The van der Waals surface area contributed by atoms with Crippen molar-refractivity contribution in [2.24, 2.45) is 0 Å². The molecule has 8 nitrogen and oxygen atoms in total. The van der Waals surface area contributed by atoms with Crippen molar-refractivity contribution in [1.29, 1.82) is 0 Å². The first-order chi connectivity index (χ1) is 6.43. The Hall–Kier alpha value is -1.31. The third kappa shape index (κ3) is 1.95. The lowest BCUT2D eigenvalue weighted by atomic mass is 10.6. The van der Waals surface area contributed by atoms with E-state index in [0.717, 1.165) is 4.68 Å². The maximum atomic E-state index is 10.7. The van der Waals surface area contributed by atoms with Gasteiger partial charge in [0.2, 0.25) is 10.7 Å². The first-order valence-electron chi connectivity index (χ1n) is 3.25. The van der Waals surface area contributed by atoms with E-state index in [-0.39, 0.29) is 10.7 Å². The number of aromatic amines is 1. The lowest BCUT2D eigenvalue weighted by Crippen LogP contribution is -2.17. The summed E-state index contributed by atoms with van der Waals surface area (Å²) in [5, 5.41) is 10.9. The minimum Gasteiger partial charge on any atom is -0.476 e. The Morgan fingerprint density at radius 2 is 2.36 bits per heavy atom. The number of carboxylic acids is 1. The molecule has 0 bridgehead atoms. The van der Waals surface area contributed by atoms with E-state index in [1.54, 1.807) is 0 Å². The van der Waals surface area contributed by atoms with Crippen LogP contribution in [0.5, 0.6) is 0 Å². The summed E-state index contributed by atoms with van der Waals surface area (Å²) < 4.78 is 11.3. The van der Waals surface area contributed by atoms with Gasteiger partial charge < -0.3 is 10.8 Å². The van der Waals surface area contributed by atoms with Gasteiger partial charge in [0.15, 0.2) is 0 Å². The Morgan fingerprint density at radius 1 is 1.79 bits per heavy atom. The number of hydrogen-bond acceptors (Lipinski definition) is 5. The van der Waals surface area contributed by atoms with Crippen LogP contribution in [0.15, 0.2) is 0 Å². The Balaban J connectivity index is 3.25. The predicted octanol–water partition coefficient (Wildman–Crippen LogP) is -0.159. The van der Waals surface area contributed by atoms with Gasteiger partial charge in [-0.1, -0.05) is 0 Å². The number of aromatic nitrogens is 3.